The molecule has 0 unspecified atom stereocenters. The molecular formula is C25H31F3N4O3. The van der Waals surface area contributed by atoms with Crippen molar-refractivity contribution < 1.29 is 27.5 Å². The highest BCUT2D eigenvalue weighted by atomic mass is 19.4. The van der Waals surface area contributed by atoms with Gasteiger partial charge in [0.15, 0.2) is 0 Å². The van der Waals surface area contributed by atoms with E-state index in [1.54, 1.807) is 13.4 Å². The van der Waals surface area contributed by atoms with E-state index in [1.807, 2.05) is 11.5 Å². The number of imidazole rings is 1. The Kier molecular flexibility index (Phi) is 7.49. The van der Waals surface area contributed by atoms with E-state index < -0.39 is 17.6 Å². The summed E-state index contributed by atoms with van der Waals surface area (Å²) in [4.78, 5) is 32.0. The molecule has 2 aliphatic rings. The predicted octanol–water partition coefficient (Wildman–Crippen LogP) is 4.83. The number of aryl methyl sites for hydroxylation is 1. The fourth-order valence-electron chi connectivity index (χ4n) is 5.02. The molecule has 1 aliphatic heterocycles. The lowest BCUT2D eigenvalue weighted by Crippen LogP contribution is -2.42. The fourth-order valence-corrected chi connectivity index (χ4v) is 5.02. The Balaban J connectivity index is 1.42. The Morgan fingerprint density at radius 3 is 2.63 bits per heavy atom. The van der Waals surface area contributed by atoms with Crippen molar-refractivity contribution in [3.63, 3.8) is 0 Å². The Labute approximate surface area is 202 Å². The minimum Gasteiger partial charge on any atom is -0.381 e. The van der Waals surface area contributed by atoms with Crippen LogP contribution in [0.3, 0.4) is 0 Å². The highest BCUT2D eigenvalue weighted by molar-refractivity contribution is 5.95. The van der Waals surface area contributed by atoms with Gasteiger partial charge in [-0.15, -0.1) is 0 Å². The molecule has 1 aromatic heterocycles. The number of hydrogen-bond acceptors (Lipinski definition) is 4. The molecule has 35 heavy (non-hydrogen) atoms. The van der Waals surface area contributed by atoms with Crippen LogP contribution in [0, 0.1) is 12.8 Å². The second kappa shape index (κ2) is 10.4. The summed E-state index contributed by atoms with van der Waals surface area (Å²) in [7, 11) is 1.60. The molecule has 1 saturated heterocycles. The number of benzene rings is 1. The quantitative estimate of drug-likeness (QED) is 0.649. The first-order valence-corrected chi connectivity index (χ1v) is 12.0. The van der Waals surface area contributed by atoms with Crippen LogP contribution < -0.4 is 5.32 Å². The van der Waals surface area contributed by atoms with Gasteiger partial charge in [-0.3, -0.25) is 9.59 Å². The summed E-state index contributed by atoms with van der Waals surface area (Å²) in [6, 6.07) is 4.45. The highest BCUT2D eigenvalue weighted by Crippen LogP contribution is 2.33. The van der Waals surface area contributed by atoms with Gasteiger partial charge in [-0.2, -0.15) is 13.2 Å². The van der Waals surface area contributed by atoms with Crippen molar-refractivity contribution in [2.24, 2.45) is 5.92 Å². The molecule has 2 fully saturated rings. The molecule has 2 atom stereocenters. The molecule has 2 aromatic rings. The van der Waals surface area contributed by atoms with Crippen LogP contribution in [0.15, 0.2) is 30.6 Å². The topological polar surface area (TPSA) is 76.5 Å². The van der Waals surface area contributed by atoms with E-state index in [0.717, 1.165) is 37.1 Å². The number of nitrogens with one attached hydrogen (secondary N) is 1. The van der Waals surface area contributed by atoms with E-state index in [1.165, 1.54) is 17.0 Å². The Bertz CT molecular complexity index is 1060. The number of hydrogen-bond donors (Lipinski definition) is 1. The number of halogens is 3. The summed E-state index contributed by atoms with van der Waals surface area (Å²) in [5.41, 5.74) is -0.118. The largest absolute Gasteiger partial charge is 0.416 e. The van der Waals surface area contributed by atoms with Gasteiger partial charge in [0, 0.05) is 43.8 Å². The number of aromatic nitrogens is 2. The summed E-state index contributed by atoms with van der Waals surface area (Å²) >= 11 is 0. The van der Waals surface area contributed by atoms with Gasteiger partial charge in [-0.05, 0) is 57.2 Å². The van der Waals surface area contributed by atoms with Crippen LogP contribution >= 0.6 is 0 Å². The molecule has 1 N–H and O–H groups in total. The average molecular weight is 493 g/mol. The van der Waals surface area contributed by atoms with Crippen LogP contribution in [0.1, 0.15) is 66.2 Å². The number of rotatable bonds is 5. The van der Waals surface area contributed by atoms with Crippen LogP contribution in [0.2, 0.25) is 0 Å². The van der Waals surface area contributed by atoms with Gasteiger partial charge in [0.05, 0.1) is 17.6 Å². The Hall–Kier alpha value is -2.88. The van der Waals surface area contributed by atoms with Crippen molar-refractivity contribution in [2.75, 3.05) is 25.6 Å². The molecule has 7 nitrogen and oxygen atoms in total. The molecule has 1 saturated carbocycles. The van der Waals surface area contributed by atoms with Gasteiger partial charge in [-0.1, -0.05) is 12.5 Å². The van der Waals surface area contributed by atoms with E-state index in [2.05, 4.69) is 10.3 Å². The summed E-state index contributed by atoms with van der Waals surface area (Å²) < 4.78 is 46.7. The van der Waals surface area contributed by atoms with Crippen molar-refractivity contribution in [3.05, 3.63) is 47.4 Å². The summed E-state index contributed by atoms with van der Waals surface area (Å²) in [5, 5.41) is 3.06. The second-order valence-corrected chi connectivity index (χ2v) is 9.43. The van der Waals surface area contributed by atoms with Crippen molar-refractivity contribution in [1.82, 2.24) is 14.5 Å². The number of anilines is 1. The molecule has 1 aromatic carbocycles. The normalized spacial score (nSPS) is 21.5. The molecule has 0 bridgehead atoms. The minimum atomic E-state index is -4.52. The van der Waals surface area contributed by atoms with Crippen molar-refractivity contribution in [2.45, 2.75) is 63.7 Å². The molecule has 2 heterocycles. The SMILES string of the molecule is Cc1ncn(C2CCOCC2)c1NC(=O)[C@H]1CCC[C@@H](N(C)C(=O)c2cccc(C(F)(F)F)c2)C1. The smallest absolute Gasteiger partial charge is 0.381 e. The van der Waals surface area contributed by atoms with Gasteiger partial charge >= 0.3 is 6.18 Å². The lowest BCUT2D eigenvalue weighted by molar-refractivity contribution is -0.137. The molecule has 4 rings (SSSR count). The molecule has 1 aliphatic carbocycles. The number of ether oxygens (including phenoxy) is 1. The van der Waals surface area contributed by atoms with Crippen LogP contribution in [0.5, 0.6) is 0 Å². The molecule has 10 heteroatoms. The summed E-state index contributed by atoms with van der Waals surface area (Å²) in [5.74, 6) is -0.206. The third kappa shape index (κ3) is 5.69. The molecule has 2 amide bonds. The zero-order chi connectivity index (χ0) is 25.2. The maximum atomic E-state index is 13.2. The predicted molar refractivity (Wildman–Crippen MR) is 124 cm³/mol. The van der Waals surface area contributed by atoms with Gasteiger partial charge < -0.3 is 19.5 Å². The van der Waals surface area contributed by atoms with Gasteiger partial charge in [0.25, 0.3) is 5.91 Å². The van der Waals surface area contributed by atoms with Gasteiger partial charge in [0.1, 0.15) is 5.82 Å². The lowest BCUT2D eigenvalue weighted by Gasteiger charge is -2.35. The van der Waals surface area contributed by atoms with Crippen LogP contribution in [-0.2, 0) is 15.7 Å². The third-order valence-corrected chi connectivity index (χ3v) is 7.12. The van der Waals surface area contributed by atoms with Crippen molar-refractivity contribution in [1.29, 1.82) is 0 Å². The van der Waals surface area contributed by atoms with E-state index in [-0.39, 0.29) is 29.5 Å². The third-order valence-electron chi connectivity index (χ3n) is 7.12. The summed E-state index contributed by atoms with van der Waals surface area (Å²) in [6.45, 7) is 3.20. The molecule has 0 spiro atoms. The number of nitrogens with zero attached hydrogens (tertiary/aromatic N) is 3. The van der Waals surface area contributed by atoms with Crippen LogP contribution in [0.4, 0.5) is 19.0 Å². The Morgan fingerprint density at radius 2 is 1.91 bits per heavy atom. The van der Waals surface area contributed by atoms with E-state index in [9.17, 15) is 22.8 Å². The summed E-state index contributed by atoms with van der Waals surface area (Å²) in [6.07, 6.45) is 1.55. The number of carbonyl (C=O) groups excluding carboxylic acids is 2. The van der Waals surface area contributed by atoms with Gasteiger partial charge in [0.2, 0.25) is 5.91 Å². The monoisotopic (exact) mass is 492 g/mol. The van der Waals surface area contributed by atoms with Crippen molar-refractivity contribution in [3.8, 4) is 0 Å². The van der Waals surface area contributed by atoms with E-state index in [4.69, 9.17) is 4.74 Å². The van der Waals surface area contributed by atoms with E-state index in [0.29, 0.717) is 38.3 Å². The number of alkyl halides is 3. The lowest BCUT2D eigenvalue weighted by atomic mass is 9.84. The molecular weight excluding hydrogens is 461 g/mol. The number of amides is 2. The Morgan fingerprint density at radius 1 is 1.17 bits per heavy atom. The standard InChI is InChI=1S/C25H31F3N4O3/c1-16-22(32(15-29-16)20-9-11-35-12-10-20)30-23(33)17-5-4-8-21(14-17)31(2)24(34)18-6-3-7-19(13-18)25(26,27)28/h3,6-7,13,15,17,20-21H,4-5,8-12,14H2,1-2H3,(H,30,33)/t17-,21+/m0/s1. The number of carbonyl (C=O) groups is 2. The molecule has 0 radical (unpaired) electrons. The van der Waals surface area contributed by atoms with Crippen LogP contribution in [0.25, 0.3) is 0 Å². The zero-order valence-electron chi connectivity index (χ0n) is 20.0. The maximum Gasteiger partial charge on any atom is 0.416 e. The zero-order valence-corrected chi connectivity index (χ0v) is 20.0. The average Bonchev–Trinajstić information content (AvgIpc) is 3.23. The first-order chi connectivity index (χ1) is 16.6. The minimum absolute atomic E-state index is 0.00936. The second-order valence-electron chi connectivity index (χ2n) is 9.43. The first-order valence-electron chi connectivity index (χ1n) is 12.0. The van der Waals surface area contributed by atoms with Crippen molar-refractivity contribution >= 4 is 17.6 Å². The molecule has 190 valence electrons. The fraction of sp³-hybridized carbons (Fsp3) is 0.560. The first kappa shape index (κ1) is 25.2. The highest BCUT2D eigenvalue weighted by Gasteiger charge is 2.34. The van der Waals surface area contributed by atoms with E-state index >= 15 is 0 Å². The van der Waals surface area contributed by atoms with Gasteiger partial charge in [-0.25, -0.2) is 4.98 Å². The van der Waals surface area contributed by atoms with Crippen LogP contribution in [-0.4, -0.2) is 52.6 Å². The maximum absolute atomic E-state index is 13.2.